The molecule has 3 rings (SSSR count). The fourth-order valence-electron chi connectivity index (χ4n) is 4.06. The molecular formula is C20H31N3O3. The first kappa shape index (κ1) is 18.8. The summed E-state index contributed by atoms with van der Waals surface area (Å²) < 4.78 is 16.3. The molecule has 2 N–H and O–H groups in total. The maximum atomic E-state index is 6.28. The molecular weight excluding hydrogens is 330 g/mol. The van der Waals surface area contributed by atoms with Crippen molar-refractivity contribution in [2.24, 2.45) is 10.7 Å². The highest BCUT2D eigenvalue weighted by Crippen LogP contribution is 2.42. The average molecular weight is 361 g/mol. The van der Waals surface area contributed by atoms with E-state index in [4.69, 9.17) is 24.9 Å². The minimum atomic E-state index is 0.0225. The smallest absolute Gasteiger partial charge is 0.191 e. The summed E-state index contributed by atoms with van der Waals surface area (Å²) in [5, 5.41) is 0. The fourth-order valence-corrected chi connectivity index (χ4v) is 4.06. The van der Waals surface area contributed by atoms with Gasteiger partial charge in [-0.05, 0) is 30.5 Å². The first-order chi connectivity index (χ1) is 12.7. The van der Waals surface area contributed by atoms with E-state index in [1.165, 1.54) is 24.8 Å². The second-order valence-corrected chi connectivity index (χ2v) is 7.18. The van der Waals surface area contributed by atoms with Crippen molar-refractivity contribution in [3.8, 4) is 11.5 Å². The number of guanidine groups is 1. The Balaban J connectivity index is 1.84. The average Bonchev–Trinajstić information content (AvgIpc) is 2.72. The summed E-state index contributed by atoms with van der Waals surface area (Å²) in [5.41, 5.74) is 7.57. The van der Waals surface area contributed by atoms with Crippen molar-refractivity contribution < 1.29 is 14.2 Å². The summed E-state index contributed by atoms with van der Waals surface area (Å²) in [4.78, 5) is 6.93. The van der Waals surface area contributed by atoms with Crippen LogP contribution in [0.25, 0.3) is 0 Å². The number of aliphatic imine (C=N–C) groups is 1. The molecule has 2 fully saturated rings. The lowest BCUT2D eigenvalue weighted by Gasteiger charge is -2.37. The maximum absolute atomic E-state index is 6.28. The molecule has 1 aromatic carbocycles. The third-order valence-corrected chi connectivity index (χ3v) is 5.69. The number of hydrogen-bond donors (Lipinski definition) is 1. The molecule has 1 saturated heterocycles. The van der Waals surface area contributed by atoms with Crippen molar-refractivity contribution in [3.05, 3.63) is 23.8 Å². The Labute approximate surface area is 156 Å². The molecule has 6 nitrogen and oxygen atoms in total. The minimum Gasteiger partial charge on any atom is -0.493 e. The summed E-state index contributed by atoms with van der Waals surface area (Å²) in [6, 6.07) is 6.28. The summed E-state index contributed by atoms with van der Waals surface area (Å²) in [6.07, 6.45) is 5.99. The lowest BCUT2D eigenvalue weighted by atomic mass is 9.69. The van der Waals surface area contributed by atoms with Crippen molar-refractivity contribution in [2.45, 2.75) is 37.5 Å². The number of ether oxygens (including phenoxy) is 3. The molecule has 0 unspecified atom stereocenters. The van der Waals surface area contributed by atoms with Crippen molar-refractivity contribution in [1.29, 1.82) is 0 Å². The molecule has 0 atom stereocenters. The van der Waals surface area contributed by atoms with Crippen LogP contribution in [0.1, 0.15) is 37.7 Å². The van der Waals surface area contributed by atoms with Crippen LogP contribution in [-0.2, 0) is 10.2 Å². The van der Waals surface area contributed by atoms with Crippen LogP contribution in [0.5, 0.6) is 11.5 Å². The third-order valence-electron chi connectivity index (χ3n) is 5.69. The number of hydrogen-bond acceptors (Lipinski definition) is 4. The summed E-state index contributed by atoms with van der Waals surface area (Å²) in [5.74, 6) is 2.18. The Kier molecular flexibility index (Phi) is 6.25. The lowest BCUT2D eigenvalue weighted by molar-refractivity contribution is 0.0673. The van der Waals surface area contributed by atoms with E-state index in [0.717, 1.165) is 50.6 Å². The van der Waals surface area contributed by atoms with Crippen LogP contribution in [0.4, 0.5) is 0 Å². The molecule has 1 saturated carbocycles. The molecule has 2 aliphatic rings. The van der Waals surface area contributed by atoms with Gasteiger partial charge in [-0.25, -0.2) is 0 Å². The van der Waals surface area contributed by atoms with Gasteiger partial charge in [0.15, 0.2) is 17.5 Å². The van der Waals surface area contributed by atoms with E-state index in [1.807, 2.05) is 6.07 Å². The number of nitrogens with zero attached hydrogens (tertiary/aromatic N) is 2. The molecule has 6 heteroatoms. The van der Waals surface area contributed by atoms with Gasteiger partial charge in [-0.2, -0.15) is 0 Å². The van der Waals surface area contributed by atoms with E-state index in [1.54, 1.807) is 14.2 Å². The molecule has 26 heavy (non-hydrogen) atoms. The first-order valence-electron chi connectivity index (χ1n) is 9.54. The van der Waals surface area contributed by atoms with Gasteiger partial charge in [0.25, 0.3) is 0 Å². The quantitative estimate of drug-likeness (QED) is 0.645. The highest BCUT2D eigenvalue weighted by atomic mass is 16.5. The Morgan fingerprint density at radius 3 is 2.46 bits per heavy atom. The van der Waals surface area contributed by atoms with E-state index in [0.29, 0.717) is 12.5 Å². The molecule has 144 valence electrons. The molecule has 0 amide bonds. The lowest BCUT2D eigenvalue weighted by Crippen LogP contribution is -2.45. The number of morpholine rings is 1. The number of nitrogens with two attached hydrogens (primary N) is 1. The molecule has 0 bridgehead atoms. The Bertz CT molecular complexity index is 621. The molecule has 1 aliphatic carbocycles. The first-order valence-corrected chi connectivity index (χ1v) is 9.54. The van der Waals surface area contributed by atoms with Gasteiger partial charge < -0.3 is 24.8 Å². The van der Waals surface area contributed by atoms with Crippen LogP contribution in [0.15, 0.2) is 23.2 Å². The van der Waals surface area contributed by atoms with Gasteiger partial charge in [-0.3, -0.25) is 4.99 Å². The fraction of sp³-hybridized carbons (Fsp3) is 0.650. The zero-order valence-electron chi connectivity index (χ0n) is 16.0. The van der Waals surface area contributed by atoms with Crippen molar-refractivity contribution >= 4 is 5.96 Å². The monoisotopic (exact) mass is 361 g/mol. The third kappa shape index (κ3) is 4.06. The highest BCUT2D eigenvalue weighted by Gasteiger charge is 2.34. The van der Waals surface area contributed by atoms with Gasteiger partial charge in [0.1, 0.15) is 0 Å². The van der Waals surface area contributed by atoms with E-state index in [9.17, 15) is 0 Å². The standard InChI is InChI=1S/C20H31N3O3/c1-24-17-7-6-16(14-18(17)25-2)20(8-4-3-5-9-20)15-22-19(21)23-10-12-26-13-11-23/h6-7,14H,3-5,8-13,15H2,1-2H3,(H2,21,22). The summed E-state index contributed by atoms with van der Waals surface area (Å²) in [6.45, 7) is 3.79. The second kappa shape index (κ2) is 8.62. The van der Waals surface area contributed by atoms with Crippen LogP contribution < -0.4 is 15.2 Å². The minimum absolute atomic E-state index is 0.0225. The number of benzene rings is 1. The summed E-state index contributed by atoms with van der Waals surface area (Å²) in [7, 11) is 3.35. The van der Waals surface area contributed by atoms with Crippen molar-refractivity contribution in [3.63, 3.8) is 0 Å². The zero-order valence-corrected chi connectivity index (χ0v) is 16.0. The predicted molar refractivity (Wildman–Crippen MR) is 103 cm³/mol. The SMILES string of the molecule is COc1ccc(C2(CN=C(N)N3CCOCC3)CCCCC2)cc1OC. The molecule has 1 aromatic rings. The van der Waals surface area contributed by atoms with Crippen LogP contribution in [-0.4, -0.2) is 57.9 Å². The topological polar surface area (TPSA) is 69.3 Å². The number of methoxy groups -OCH3 is 2. The molecule has 1 aliphatic heterocycles. The van der Waals surface area contributed by atoms with Gasteiger partial charge in [0.05, 0.1) is 34.0 Å². The molecule has 0 spiro atoms. The molecule has 0 radical (unpaired) electrons. The second-order valence-electron chi connectivity index (χ2n) is 7.18. The van der Waals surface area contributed by atoms with Crippen LogP contribution in [0.3, 0.4) is 0 Å². The van der Waals surface area contributed by atoms with Gasteiger partial charge in [-0.1, -0.05) is 25.3 Å². The van der Waals surface area contributed by atoms with Gasteiger partial charge in [0.2, 0.25) is 0 Å². The molecule has 0 aromatic heterocycles. The molecule has 1 heterocycles. The van der Waals surface area contributed by atoms with Gasteiger partial charge in [0, 0.05) is 18.5 Å². The normalized spacial score (nSPS) is 20.7. The predicted octanol–water partition coefficient (Wildman–Crippen LogP) is 2.55. The van der Waals surface area contributed by atoms with E-state index < -0.39 is 0 Å². The van der Waals surface area contributed by atoms with E-state index in [-0.39, 0.29) is 5.41 Å². The van der Waals surface area contributed by atoms with Crippen LogP contribution >= 0.6 is 0 Å². The maximum Gasteiger partial charge on any atom is 0.191 e. The van der Waals surface area contributed by atoms with Crippen molar-refractivity contribution in [2.75, 3.05) is 47.1 Å². The van der Waals surface area contributed by atoms with Crippen LogP contribution in [0, 0.1) is 0 Å². The van der Waals surface area contributed by atoms with Crippen LogP contribution in [0.2, 0.25) is 0 Å². The Morgan fingerprint density at radius 2 is 1.81 bits per heavy atom. The highest BCUT2D eigenvalue weighted by molar-refractivity contribution is 5.78. The van der Waals surface area contributed by atoms with E-state index >= 15 is 0 Å². The van der Waals surface area contributed by atoms with E-state index in [2.05, 4.69) is 17.0 Å². The van der Waals surface area contributed by atoms with Crippen molar-refractivity contribution in [1.82, 2.24) is 4.90 Å². The largest absolute Gasteiger partial charge is 0.493 e. The summed E-state index contributed by atoms with van der Waals surface area (Å²) >= 11 is 0. The Morgan fingerprint density at radius 1 is 1.12 bits per heavy atom. The number of rotatable bonds is 5. The zero-order chi connectivity index (χ0) is 18.4. The Hall–Kier alpha value is -1.95. The van der Waals surface area contributed by atoms with Gasteiger partial charge >= 0.3 is 0 Å². The van der Waals surface area contributed by atoms with Gasteiger partial charge in [-0.15, -0.1) is 0 Å².